The van der Waals surface area contributed by atoms with Crippen LogP contribution in [0, 0.1) is 10.1 Å². The molecule has 1 aromatic heterocycles. The molecule has 0 saturated carbocycles. The highest BCUT2D eigenvalue weighted by Crippen LogP contribution is 2.39. The van der Waals surface area contributed by atoms with E-state index in [0.717, 1.165) is 12.3 Å². The van der Waals surface area contributed by atoms with Crippen LogP contribution >= 0.6 is 11.8 Å². The van der Waals surface area contributed by atoms with Crippen molar-refractivity contribution in [3.05, 3.63) is 22.4 Å². The van der Waals surface area contributed by atoms with Crippen molar-refractivity contribution in [3.63, 3.8) is 0 Å². The van der Waals surface area contributed by atoms with E-state index in [4.69, 9.17) is 0 Å². The van der Waals surface area contributed by atoms with E-state index < -0.39 is 32.9 Å². The van der Waals surface area contributed by atoms with E-state index in [9.17, 15) is 23.3 Å². The second-order valence-corrected chi connectivity index (χ2v) is 3.07. The molecule has 0 fully saturated rings. The van der Waals surface area contributed by atoms with Crippen LogP contribution in [0.3, 0.4) is 0 Å². The fourth-order valence-electron chi connectivity index (χ4n) is 0.687. The Morgan fingerprint density at radius 3 is 2.62 bits per heavy atom. The van der Waals surface area contributed by atoms with Gasteiger partial charge in [-0.1, -0.05) is 0 Å². The van der Waals surface area contributed by atoms with Gasteiger partial charge in [-0.3, -0.25) is 10.1 Å². The average molecular weight is 212 g/mol. The summed E-state index contributed by atoms with van der Waals surface area (Å²) in [6.07, 6.45) is 1.09. The van der Waals surface area contributed by atoms with Crippen LogP contribution in [0.4, 0.5) is 18.9 Å². The van der Waals surface area contributed by atoms with Crippen LogP contribution in [-0.4, -0.2) is 15.4 Å². The van der Waals surface area contributed by atoms with Crippen molar-refractivity contribution in [2.24, 2.45) is 0 Å². The van der Waals surface area contributed by atoms with Crippen LogP contribution in [0.1, 0.15) is 0 Å². The standard InChI is InChI=1S/C5H3F3N2O2S/c6-5(7,8)13-4-3(10(11)12)1-2-9-4/h1-2,9H. The van der Waals surface area contributed by atoms with Gasteiger partial charge in [0.15, 0.2) is 5.03 Å². The van der Waals surface area contributed by atoms with E-state index in [1.807, 2.05) is 0 Å². The van der Waals surface area contributed by atoms with Crippen molar-refractivity contribution in [1.82, 2.24) is 4.98 Å². The Kier molecular flexibility index (Phi) is 2.50. The van der Waals surface area contributed by atoms with Crippen molar-refractivity contribution < 1.29 is 18.1 Å². The molecule has 0 radical (unpaired) electrons. The molecule has 1 rings (SSSR count). The summed E-state index contributed by atoms with van der Waals surface area (Å²) in [5, 5.41) is 9.67. The smallest absolute Gasteiger partial charge is 0.350 e. The lowest BCUT2D eigenvalue weighted by molar-refractivity contribution is -0.387. The molecule has 0 unspecified atom stereocenters. The van der Waals surface area contributed by atoms with E-state index in [2.05, 4.69) is 4.98 Å². The first kappa shape index (κ1) is 9.90. The van der Waals surface area contributed by atoms with Gasteiger partial charge >= 0.3 is 11.2 Å². The third-order valence-corrected chi connectivity index (χ3v) is 1.87. The summed E-state index contributed by atoms with van der Waals surface area (Å²) in [6.45, 7) is 0. The van der Waals surface area contributed by atoms with E-state index >= 15 is 0 Å². The summed E-state index contributed by atoms with van der Waals surface area (Å²) >= 11 is -0.535. The fourth-order valence-corrected chi connectivity index (χ4v) is 1.29. The monoisotopic (exact) mass is 212 g/mol. The Morgan fingerprint density at radius 2 is 2.15 bits per heavy atom. The molecule has 8 heteroatoms. The minimum absolute atomic E-state index is 0.502. The van der Waals surface area contributed by atoms with Gasteiger partial charge in [-0.25, -0.2) is 0 Å². The summed E-state index contributed by atoms with van der Waals surface area (Å²) in [4.78, 5) is 11.4. The van der Waals surface area contributed by atoms with Crippen LogP contribution in [0.25, 0.3) is 0 Å². The number of thioether (sulfide) groups is 1. The molecule has 0 spiro atoms. The molecule has 0 aliphatic carbocycles. The molecule has 13 heavy (non-hydrogen) atoms. The first-order valence-electron chi connectivity index (χ1n) is 2.97. The summed E-state index contributed by atoms with van der Waals surface area (Å²) in [5.74, 6) is 0. The number of nitrogens with one attached hydrogen (secondary N) is 1. The van der Waals surface area contributed by atoms with Gasteiger partial charge in [0.1, 0.15) is 0 Å². The maximum absolute atomic E-state index is 11.8. The van der Waals surface area contributed by atoms with Crippen LogP contribution in [0.15, 0.2) is 17.3 Å². The summed E-state index contributed by atoms with van der Waals surface area (Å²) in [6, 6.07) is 0.980. The number of hydrogen-bond donors (Lipinski definition) is 1. The van der Waals surface area contributed by atoms with Crippen LogP contribution < -0.4 is 0 Å². The number of nitro groups is 1. The van der Waals surface area contributed by atoms with Crippen molar-refractivity contribution in [2.45, 2.75) is 10.5 Å². The highest BCUT2D eigenvalue weighted by atomic mass is 32.2. The number of hydrogen-bond acceptors (Lipinski definition) is 3. The molecule has 72 valence electrons. The van der Waals surface area contributed by atoms with Crippen LogP contribution in [0.5, 0.6) is 0 Å². The quantitative estimate of drug-likeness (QED) is 0.465. The SMILES string of the molecule is O=[N+]([O-])c1cc[nH]c1SC(F)(F)F. The maximum Gasteiger partial charge on any atom is 0.448 e. The Labute approximate surface area is 74.3 Å². The van der Waals surface area contributed by atoms with Gasteiger partial charge in [0, 0.05) is 24.0 Å². The molecule has 0 aromatic carbocycles. The normalized spacial score (nSPS) is 11.6. The highest BCUT2D eigenvalue weighted by Gasteiger charge is 2.33. The number of aromatic nitrogens is 1. The van der Waals surface area contributed by atoms with Crippen LogP contribution in [-0.2, 0) is 0 Å². The van der Waals surface area contributed by atoms with E-state index in [0.29, 0.717) is 0 Å². The molecule has 0 aliphatic rings. The van der Waals surface area contributed by atoms with Gasteiger partial charge in [-0.2, -0.15) is 13.2 Å². The van der Waals surface area contributed by atoms with Gasteiger partial charge in [0.25, 0.3) is 0 Å². The van der Waals surface area contributed by atoms with Crippen molar-refractivity contribution >= 4 is 17.4 Å². The molecular weight excluding hydrogens is 209 g/mol. The Bertz CT molecular complexity index is 322. The second-order valence-electron chi connectivity index (χ2n) is 2.00. The minimum Gasteiger partial charge on any atom is -0.350 e. The van der Waals surface area contributed by atoms with Gasteiger partial charge in [0.05, 0.1) is 4.92 Å². The molecule has 0 saturated heterocycles. The molecule has 0 aliphatic heterocycles. The number of nitrogens with zero attached hydrogens (tertiary/aromatic N) is 1. The summed E-state index contributed by atoms with van der Waals surface area (Å²) in [5.41, 5.74) is -5.09. The number of halogens is 3. The third-order valence-electron chi connectivity index (χ3n) is 1.10. The largest absolute Gasteiger partial charge is 0.448 e. The molecule has 0 atom stereocenters. The Morgan fingerprint density at radius 1 is 1.54 bits per heavy atom. The molecule has 0 amide bonds. The zero-order valence-electron chi connectivity index (χ0n) is 5.96. The predicted octanol–water partition coefficient (Wildman–Crippen LogP) is 2.53. The van der Waals surface area contributed by atoms with E-state index in [-0.39, 0.29) is 0 Å². The van der Waals surface area contributed by atoms with Crippen LogP contribution in [0.2, 0.25) is 0 Å². The van der Waals surface area contributed by atoms with Gasteiger partial charge < -0.3 is 4.98 Å². The minimum atomic E-state index is -4.52. The molecule has 0 bridgehead atoms. The molecule has 1 N–H and O–H groups in total. The van der Waals surface area contributed by atoms with Crippen molar-refractivity contribution in [3.8, 4) is 0 Å². The topological polar surface area (TPSA) is 58.9 Å². The fraction of sp³-hybridized carbons (Fsp3) is 0.200. The zero-order valence-corrected chi connectivity index (χ0v) is 6.78. The number of H-pyrrole nitrogens is 1. The molecule has 1 heterocycles. The van der Waals surface area contributed by atoms with Gasteiger partial charge in [-0.15, -0.1) is 0 Å². The number of rotatable bonds is 2. The predicted molar refractivity (Wildman–Crippen MR) is 39.4 cm³/mol. The van der Waals surface area contributed by atoms with Gasteiger partial charge in [0.2, 0.25) is 0 Å². The summed E-state index contributed by atoms with van der Waals surface area (Å²) < 4.78 is 35.3. The average Bonchev–Trinajstić information content (AvgIpc) is 2.31. The van der Waals surface area contributed by atoms with E-state index in [1.54, 1.807) is 0 Å². The lowest BCUT2D eigenvalue weighted by Gasteiger charge is -2.01. The Balaban J connectivity index is 2.89. The Hall–Kier alpha value is -1.18. The van der Waals surface area contributed by atoms with Crippen molar-refractivity contribution in [1.29, 1.82) is 0 Å². The maximum atomic E-state index is 11.8. The highest BCUT2D eigenvalue weighted by molar-refractivity contribution is 8.00. The number of alkyl halides is 3. The molecule has 1 aromatic rings. The first-order chi connectivity index (χ1) is 5.90. The lowest BCUT2D eigenvalue weighted by Crippen LogP contribution is -2.00. The second kappa shape index (κ2) is 3.29. The summed E-state index contributed by atoms with van der Waals surface area (Å²) in [7, 11) is 0. The van der Waals surface area contributed by atoms with Crippen molar-refractivity contribution in [2.75, 3.05) is 0 Å². The zero-order chi connectivity index (χ0) is 10.1. The van der Waals surface area contributed by atoms with Gasteiger partial charge in [-0.05, 0) is 0 Å². The van der Waals surface area contributed by atoms with E-state index in [1.165, 1.54) is 0 Å². The molecule has 4 nitrogen and oxygen atoms in total. The molecular formula is C5H3F3N2O2S. The third kappa shape index (κ3) is 2.65. The first-order valence-corrected chi connectivity index (χ1v) is 3.79. The number of aromatic amines is 1. The lowest BCUT2D eigenvalue weighted by atomic mass is 10.6.